The normalized spacial score (nSPS) is 10.2. The van der Waals surface area contributed by atoms with Crippen LogP contribution in [-0.4, -0.2) is 18.4 Å². The fourth-order valence-corrected chi connectivity index (χ4v) is 2.33. The molecule has 2 rings (SSSR count). The van der Waals surface area contributed by atoms with Gasteiger partial charge < -0.3 is 4.74 Å². The van der Waals surface area contributed by atoms with Crippen LogP contribution in [0, 0.1) is 6.92 Å². The Bertz CT molecular complexity index is 711. The second kappa shape index (κ2) is 9.47. The molecule has 2 aromatic rings. The van der Waals surface area contributed by atoms with Gasteiger partial charge in [-0.2, -0.15) is 0 Å². The molecule has 0 spiro atoms. The molecular weight excluding hydrogens is 316 g/mol. The van der Waals surface area contributed by atoms with Gasteiger partial charge in [-0.05, 0) is 49.2 Å². The molecule has 0 radical (unpaired) electrons. The smallest absolute Gasteiger partial charge is 0.269 e. The van der Waals surface area contributed by atoms with Crippen LogP contribution in [0.2, 0.25) is 0 Å². The van der Waals surface area contributed by atoms with Crippen LogP contribution in [0.3, 0.4) is 0 Å². The number of ether oxygens (including phenoxy) is 1. The Hall–Kier alpha value is -2.82. The molecule has 0 fully saturated rings. The molecule has 0 aliphatic heterocycles. The Kier molecular flexibility index (Phi) is 7.01. The summed E-state index contributed by atoms with van der Waals surface area (Å²) in [5, 5.41) is 0. The zero-order valence-electron chi connectivity index (χ0n) is 14.7. The standard InChI is InChI=1S/C20H24N2O3/c1-3-4-7-14-25-17-12-10-16(11-13-17)19(23)21-22-20(24)18-9-6-5-8-15(18)2/h5-6,8-13H,3-4,7,14H2,1-2H3,(H,21,23)(H,22,24). The number of carbonyl (C=O) groups excluding carboxylic acids is 2. The predicted octanol–water partition coefficient (Wildman–Crippen LogP) is 3.64. The van der Waals surface area contributed by atoms with Gasteiger partial charge in [0.05, 0.1) is 6.61 Å². The summed E-state index contributed by atoms with van der Waals surface area (Å²) in [6.07, 6.45) is 3.31. The summed E-state index contributed by atoms with van der Waals surface area (Å²) in [7, 11) is 0. The van der Waals surface area contributed by atoms with Crippen LogP contribution in [0.1, 0.15) is 52.5 Å². The number of nitrogens with one attached hydrogen (secondary N) is 2. The highest BCUT2D eigenvalue weighted by Crippen LogP contribution is 2.13. The van der Waals surface area contributed by atoms with E-state index in [1.165, 1.54) is 0 Å². The van der Waals surface area contributed by atoms with Gasteiger partial charge in [0.2, 0.25) is 0 Å². The van der Waals surface area contributed by atoms with E-state index in [1.54, 1.807) is 36.4 Å². The Morgan fingerprint density at radius 2 is 1.60 bits per heavy atom. The molecule has 2 N–H and O–H groups in total. The molecule has 0 aliphatic carbocycles. The van der Waals surface area contributed by atoms with Crippen LogP contribution in [0.4, 0.5) is 0 Å². The minimum Gasteiger partial charge on any atom is -0.494 e. The molecule has 0 saturated carbocycles. The van der Waals surface area contributed by atoms with Crippen molar-refractivity contribution in [1.82, 2.24) is 10.9 Å². The number of hydrogen-bond donors (Lipinski definition) is 2. The molecule has 0 bridgehead atoms. The van der Waals surface area contributed by atoms with Gasteiger partial charge in [0.15, 0.2) is 0 Å². The third kappa shape index (κ3) is 5.64. The van der Waals surface area contributed by atoms with Crippen LogP contribution in [0.5, 0.6) is 5.75 Å². The number of hydrogen-bond acceptors (Lipinski definition) is 3. The lowest BCUT2D eigenvalue weighted by Crippen LogP contribution is -2.41. The van der Waals surface area contributed by atoms with E-state index in [1.807, 2.05) is 19.1 Å². The van der Waals surface area contributed by atoms with Crippen molar-refractivity contribution in [3.8, 4) is 5.75 Å². The molecule has 0 saturated heterocycles. The maximum Gasteiger partial charge on any atom is 0.269 e. The molecule has 0 atom stereocenters. The SMILES string of the molecule is CCCCCOc1ccc(C(=O)NNC(=O)c2ccccc2C)cc1. The fourth-order valence-electron chi connectivity index (χ4n) is 2.33. The summed E-state index contributed by atoms with van der Waals surface area (Å²) in [5.41, 5.74) is 6.68. The molecule has 0 unspecified atom stereocenters. The Morgan fingerprint density at radius 1 is 0.920 bits per heavy atom. The van der Waals surface area contributed by atoms with E-state index in [-0.39, 0.29) is 11.8 Å². The maximum atomic E-state index is 12.1. The van der Waals surface area contributed by atoms with Crippen molar-refractivity contribution in [2.45, 2.75) is 33.1 Å². The average Bonchev–Trinajstić information content (AvgIpc) is 2.64. The highest BCUT2D eigenvalue weighted by Gasteiger charge is 2.10. The van der Waals surface area contributed by atoms with E-state index < -0.39 is 0 Å². The second-order valence-electron chi connectivity index (χ2n) is 5.80. The minimum absolute atomic E-state index is 0.345. The number of rotatable bonds is 7. The second-order valence-corrected chi connectivity index (χ2v) is 5.80. The summed E-state index contributed by atoms with van der Waals surface area (Å²) in [6, 6.07) is 14.0. The van der Waals surface area contributed by atoms with E-state index in [0.717, 1.165) is 30.6 Å². The first-order valence-electron chi connectivity index (χ1n) is 8.51. The van der Waals surface area contributed by atoms with Gasteiger partial charge in [-0.1, -0.05) is 38.0 Å². The monoisotopic (exact) mass is 340 g/mol. The van der Waals surface area contributed by atoms with Gasteiger partial charge in [0.1, 0.15) is 5.75 Å². The molecule has 2 aromatic carbocycles. The van der Waals surface area contributed by atoms with Crippen molar-refractivity contribution in [3.63, 3.8) is 0 Å². The van der Waals surface area contributed by atoms with Crippen molar-refractivity contribution >= 4 is 11.8 Å². The van der Waals surface area contributed by atoms with Crippen LogP contribution >= 0.6 is 0 Å². The summed E-state index contributed by atoms with van der Waals surface area (Å²) >= 11 is 0. The van der Waals surface area contributed by atoms with Gasteiger partial charge in [-0.15, -0.1) is 0 Å². The average molecular weight is 340 g/mol. The van der Waals surface area contributed by atoms with Crippen molar-refractivity contribution < 1.29 is 14.3 Å². The first kappa shape index (κ1) is 18.5. The van der Waals surface area contributed by atoms with E-state index in [2.05, 4.69) is 17.8 Å². The van der Waals surface area contributed by atoms with E-state index in [9.17, 15) is 9.59 Å². The third-order valence-corrected chi connectivity index (χ3v) is 3.81. The molecule has 132 valence electrons. The highest BCUT2D eigenvalue weighted by molar-refractivity contribution is 5.99. The lowest BCUT2D eigenvalue weighted by molar-refractivity contribution is 0.0846. The largest absolute Gasteiger partial charge is 0.494 e. The molecule has 0 heterocycles. The summed E-state index contributed by atoms with van der Waals surface area (Å²) in [5.74, 6) is 0.0124. The van der Waals surface area contributed by atoms with Crippen molar-refractivity contribution in [3.05, 3.63) is 65.2 Å². The van der Waals surface area contributed by atoms with Crippen LogP contribution in [0.25, 0.3) is 0 Å². The Morgan fingerprint density at radius 3 is 2.28 bits per heavy atom. The van der Waals surface area contributed by atoms with E-state index in [4.69, 9.17) is 4.74 Å². The van der Waals surface area contributed by atoms with Crippen LogP contribution < -0.4 is 15.6 Å². The summed E-state index contributed by atoms with van der Waals surface area (Å²) < 4.78 is 5.61. The highest BCUT2D eigenvalue weighted by atomic mass is 16.5. The predicted molar refractivity (Wildman–Crippen MR) is 97.6 cm³/mol. The molecule has 5 heteroatoms. The summed E-state index contributed by atoms with van der Waals surface area (Å²) in [4.78, 5) is 24.2. The van der Waals surface area contributed by atoms with Gasteiger partial charge in [0.25, 0.3) is 11.8 Å². The molecular formula is C20H24N2O3. The quantitative estimate of drug-likeness (QED) is 0.597. The number of carbonyl (C=O) groups is 2. The Labute approximate surface area is 148 Å². The number of benzene rings is 2. The molecule has 25 heavy (non-hydrogen) atoms. The molecule has 2 amide bonds. The lowest BCUT2D eigenvalue weighted by atomic mass is 10.1. The van der Waals surface area contributed by atoms with Gasteiger partial charge in [-0.25, -0.2) is 0 Å². The van der Waals surface area contributed by atoms with Gasteiger partial charge in [-0.3, -0.25) is 20.4 Å². The van der Waals surface area contributed by atoms with Crippen LogP contribution in [0.15, 0.2) is 48.5 Å². The third-order valence-electron chi connectivity index (χ3n) is 3.81. The zero-order valence-corrected chi connectivity index (χ0v) is 14.7. The molecule has 0 aromatic heterocycles. The zero-order chi connectivity index (χ0) is 18.1. The molecule has 0 aliphatic rings. The van der Waals surface area contributed by atoms with E-state index >= 15 is 0 Å². The topological polar surface area (TPSA) is 67.4 Å². The maximum absolute atomic E-state index is 12.1. The first-order chi connectivity index (χ1) is 12.1. The summed E-state index contributed by atoms with van der Waals surface area (Å²) in [6.45, 7) is 4.66. The Balaban J connectivity index is 1.84. The first-order valence-corrected chi connectivity index (χ1v) is 8.51. The fraction of sp³-hybridized carbons (Fsp3) is 0.300. The molecule has 5 nitrogen and oxygen atoms in total. The van der Waals surface area contributed by atoms with Crippen LogP contribution in [-0.2, 0) is 0 Å². The van der Waals surface area contributed by atoms with Crippen molar-refractivity contribution in [2.75, 3.05) is 6.61 Å². The number of aryl methyl sites for hydroxylation is 1. The van der Waals surface area contributed by atoms with Crippen molar-refractivity contribution in [2.24, 2.45) is 0 Å². The van der Waals surface area contributed by atoms with E-state index in [0.29, 0.717) is 17.7 Å². The lowest BCUT2D eigenvalue weighted by Gasteiger charge is -2.10. The number of unbranched alkanes of at least 4 members (excludes halogenated alkanes) is 2. The van der Waals surface area contributed by atoms with Crippen molar-refractivity contribution in [1.29, 1.82) is 0 Å². The minimum atomic E-state index is -0.375. The number of amides is 2. The van der Waals surface area contributed by atoms with Gasteiger partial charge >= 0.3 is 0 Å². The number of hydrazine groups is 1. The van der Waals surface area contributed by atoms with Gasteiger partial charge in [0, 0.05) is 11.1 Å².